The summed E-state index contributed by atoms with van der Waals surface area (Å²) in [6.07, 6.45) is 6.84. The van der Waals surface area contributed by atoms with Gasteiger partial charge in [-0.3, -0.25) is 9.69 Å². The van der Waals surface area contributed by atoms with E-state index in [9.17, 15) is 4.79 Å². The molecule has 1 aromatic heterocycles. The number of aromatic nitrogens is 2. The highest BCUT2D eigenvalue weighted by molar-refractivity contribution is 5.33. The minimum atomic E-state index is 0.0786. The van der Waals surface area contributed by atoms with E-state index in [1.54, 1.807) is 0 Å². The van der Waals surface area contributed by atoms with Crippen LogP contribution in [0.25, 0.3) is 0 Å². The van der Waals surface area contributed by atoms with Crippen molar-refractivity contribution in [3.63, 3.8) is 0 Å². The zero-order valence-corrected chi connectivity index (χ0v) is 16.2. The van der Waals surface area contributed by atoms with Crippen LogP contribution >= 0.6 is 0 Å². The fraction of sp³-hybridized carbons (Fsp3) is 0.545. The van der Waals surface area contributed by atoms with Crippen LogP contribution < -0.4 is 10.3 Å². The van der Waals surface area contributed by atoms with Gasteiger partial charge < -0.3 is 9.72 Å². The Morgan fingerprint density at radius 2 is 2.04 bits per heavy atom. The lowest BCUT2D eigenvalue weighted by atomic mass is 9.88. The van der Waals surface area contributed by atoms with E-state index in [-0.39, 0.29) is 5.56 Å². The van der Waals surface area contributed by atoms with Crippen molar-refractivity contribution in [1.29, 1.82) is 0 Å². The molecule has 0 bridgehead atoms. The van der Waals surface area contributed by atoms with Gasteiger partial charge in [0.2, 0.25) is 0 Å². The number of H-pyrrole nitrogens is 1. The molecule has 0 spiro atoms. The third-order valence-electron chi connectivity index (χ3n) is 5.83. The minimum absolute atomic E-state index is 0.0786. The second kappa shape index (κ2) is 8.26. The minimum Gasteiger partial charge on any atom is -0.494 e. The molecule has 0 unspecified atom stereocenters. The summed E-state index contributed by atoms with van der Waals surface area (Å²) in [5.41, 5.74) is 3.12. The average Bonchev–Trinajstić information content (AvgIpc) is 2.70. The number of rotatable bonds is 5. The van der Waals surface area contributed by atoms with Crippen molar-refractivity contribution in [2.24, 2.45) is 0 Å². The molecule has 5 heteroatoms. The maximum absolute atomic E-state index is 12.6. The average molecular weight is 367 g/mol. The molecule has 2 aliphatic rings. The van der Waals surface area contributed by atoms with Crippen molar-refractivity contribution in [2.45, 2.75) is 64.5 Å². The molecule has 1 aliphatic carbocycles. The summed E-state index contributed by atoms with van der Waals surface area (Å²) in [5.74, 6) is 2.29. The van der Waals surface area contributed by atoms with Crippen molar-refractivity contribution >= 4 is 0 Å². The Bertz CT molecular complexity index is 840. The van der Waals surface area contributed by atoms with Crippen LogP contribution in [0.4, 0.5) is 0 Å². The summed E-state index contributed by atoms with van der Waals surface area (Å²) < 4.78 is 5.77. The SMILES string of the molecule is CCOc1ccccc1CN1CCc2c(nc(C3CCCCC3)[nH]c2=O)C1. The monoisotopic (exact) mass is 367 g/mol. The van der Waals surface area contributed by atoms with Crippen LogP contribution in [-0.4, -0.2) is 28.0 Å². The highest BCUT2D eigenvalue weighted by atomic mass is 16.5. The summed E-state index contributed by atoms with van der Waals surface area (Å²) in [7, 11) is 0. The third kappa shape index (κ3) is 4.08. The van der Waals surface area contributed by atoms with Gasteiger partial charge in [0.15, 0.2) is 0 Å². The first-order chi connectivity index (χ1) is 13.2. The van der Waals surface area contributed by atoms with Gasteiger partial charge in [-0.1, -0.05) is 37.5 Å². The first kappa shape index (κ1) is 18.2. The van der Waals surface area contributed by atoms with Crippen LogP contribution in [0, 0.1) is 0 Å². The molecule has 4 rings (SSSR count). The van der Waals surface area contributed by atoms with Crippen LogP contribution in [0.5, 0.6) is 5.75 Å². The number of hydrogen-bond donors (Lipinski definition) is 1. The van der Waals surface area contributed by atoms with E-state index >= 15 is 0 Å². The maximum atomic E-state index is 12.6. The molecule has 2 aromatic rings. The highest BCUT2D eigenvalue weighted by Gasteiger charge is 2.24. The number of ether oxygens (including phenoxy) is 1. The molecule has 1 N–H and O–H groups in total. The Balaban J connectivity index is 1.54. The Labute approximate surface area is 160 Å². The molecular formula is C22H29N3O2. The molecule has 1 saturated carbocycles. The van der Waals surface area contributed by atoms with Crippen LogP contribution in [0.2, 0.25) is 0 Å². The predicted octanol–water partition coefficient (Wildman–Crippen LogP) is 3.77. The van der Waals surface area contributed by atoms with E-state index in [0.717, 1.165) is 61.7 Å². The molecule has 0 amide bonds. The standard InChI is InChI=1S/C22H29N3O2/c1-2-27-20-11-7-6-10-17(20)14-25-13-12-18-19(15-25)23-21(24-22(18)26)16-8-4-3-5-9-16/h6-7,10-11,16H,2-5,8-9,12-15H2,1H3,(H,23,24,26). The quantitative estimate of drug-likeness (QED) is 0.874. The van der Waals surface area contributed by atoms with Gasteiger partial charge in [0.05, 0.1) is 12.3 Å². The molecular weight excluding hydrogens is 338 g/mol. The van der Waals surface area contributed by atoms with Crippen molar-refractivity contribution in [3.05, 3.63) is 57.3 Å². The van der Waals surface area contributed by atoms with E-state index in [0.29, 0.717) is 12.5 Å². The molecule has 5 nitrogen and oxygen atoms in total. The second-order valence-electron chi connectivity index (χ2n) is 7.71. The fourth-order valence-electron chi connectivity index (χ4n) is 4.39. The van der Waals surface area contributed by atoms with Gasteiger partial charge in [-0.15, -0.1) is 0 Å². The molecule has 1 fully saturated rings. The van der Waals surface area contributed by atoms with E-state index in [2.05, 4.69) is 22.0 Å². The number of aromatic amines is 1. The molecule has 0 atom stereocenters. The molecule has 0 saturated heterocycles. The third-order valence-corrected chi connectivity index (χ3v) is 5.83. The summed E-state index contributed by atoms with van der Waals surface area (Å²) in [4.78, 5) is 23.0. The Morgan fingerprint density at radius 1 is 1.22 bits per heavy atom. The van der Waals surface area contributed by atoms with Gasteiger partial charge >= 0.3 is 0 Å². The summed E-state index contributed by atoms with van der Waals surface area (Å²) in [6.45, 7) is 5.11. The number of para-hydroxylation sites is 1. The van der Waals surface area contributed by atoms with Crippen molar-refractivity contribution in [1.82, 2.24) is 14.9 Å². The Kier molecular flexibility index (Phi) is 5.58. The normalized spacial score (nSPS) is 18.3. The molecule has 144 valence electrons. The van der Waals surface area contributed by atoms with E-state index in [1.165, 1.54) is 24.8 Å². The van der Waals surface area contributed by atoms with Gasteiger partial charge in [-0.05, 0) is 32.3 Å². The Hall–Kier alpha value is -2.14. The van der Waals surface area contributed by atoms with Gasteiger partial charge in [0.1, 0.15) is 11.6 Å². The second-order valence-corrected chi connectivity index (χ2v) is 7.71. The topological polar surface area (TPSA) is 58.2 Å². The fourth-order valence-corrected chi connectivity index (χ4v) is 4.39. The number of fused-ring (bicyclic) bond motifs is 1. The van der Waals surface area contributed by atoms with Crippen LogP contribution in [0.3, 0.4) is 0 Å². The van der Waals surface area contributed by atoms with E-state index in [4.69, 9.17) is 9.72 Å². The van der Waals surface area contributed by atoms with Crippen LogP contribution in [0.1, 0.15) is 67.6 Å². The summed E-state index contributed by atoms with van der Waals surface area (Å²) in [6, 6.07) is 8.22. The van der Waals surface area contributed by atoms with Crippen molar-refractivity contribution < 1.29 is 4.74 Å². The van der Waals surface area contributed by atoms with Gasteiger partial charge in [0.25, 0.3) is 5.56 Å². The van der Waals surface area contributed by atoms with Crippen LogP contribution in [-0.2, 0) is 19.5 Å². The number of nitrogens with zero attached hydrogens (tertiary/aromatic N) is 2. The predicted molar refractivity (Wildman–Crippen MR) is 106 cm³/mol. The number of nitrogens with one attached hydrogen (secondary N) is 1. The Morgan fingerprint density at radius 3 is 2.85 bits per heavy atom. The lowest BCUT2D eigenvalue weighted by molar-refractivity contribution is 0.233. The maximum Gasteiger partial charge on any atom is 0.254 e. The summed E-state index contributed by atoms with van der Waals surface area (Å²) in [5, 5.41) is 0. The lowest BCUT2D eigenvalue weighted by Crippen LogP contribution is -2.35. The molecule has 0 radical (unpaired) electrons. The van der Waals surface area contributed by atoms with Gasteiger partial charge in [-0.25, -0.2) is 4.98 Å². The first-order valence-corrected chi connectivity index (χ1v) is 10.3. The molecule has 1 aromatic carbocycles. The summed E-state index contributed by atoms with van der Waals surface area (Å²) >= 11 is 0. The number of benzene rings is 1. The van der Waals surface area contributed by atoms with Crippen LogP contribution in [0.15, 0.2) is 29.1 Å². The molecule has 1 aliphatic heterocycles. The van der Waals surface area contributed by atoms with Crippen molar-refractivity contribution in [3.8, 4) is 5.75 Å². The largest absolute Gasteiger partial charge is 0.494 e. The molecule has 2 heterocycles. The van der Waals surface area contributed by atoms with E-state index in [1.807, 2.05) is 19.1 Å². The molecule has 27 heavy (non-hydrogen) atoms. The van der Waals surface area contributed by atoms with Gasteiger partial charge in [0, 0.05) is 36.7 Å². The smallest absolute Gasteiger partial charge is 0.254 e. The highest BCUT2D eigenvalue weighted by Crippen LogP contribution is 2.31. The van der Waals surface area contributed by atoms with E-state index < -0.39 is 0 Å². The van der Waals surface area contributed by atoms with Gasteiger partial charge in [-0.2, -0.15) is 0 Å². The zero-order valence-electron chi connectivity index (χ0n) is 16.2. The first-order valence-electron chi connectivity index (χ1n) is 10.3. The number of hydrogen-bond acceptors (Lipinski definition) is 4. The lowest BCUT2D eigenvalue weighted by Gasteiger charge is -2.29. The van der Waals surface area contributed by atoms with Crippen molar-refractivity contribution in [2.75, 3.05) is 13.2 Å². The zero-order chi connectivity index (χ0) is 18.6.